The van der Waals surface area contributed by atoms with Gasteiger partial charge < -0.3 is 9.05 Å². The van der Waals surface area contributed by atoms with E-state index in [-0.39, 0.29) is 0 Å². The summed E-state index contributed by atoms with van der Waals surface area (Å²) in [5.74, 6) is 0.997. The zero-order chi connectivity index (χ0) is 6.74. The van der Waals surface area contributed by atoms with Crippen LogP contribution in [0.2, 0.25) is 0 Å². The molecule has 1 saturated heterocycles. The van der Waals surface area contributed by atoms with Crippen LogP contribution in [0.4, 0.5) is 0 Å². The second-order valence-corrected chi connectivity index (χ2v) is 7.96. The van der Waals surface area contributed by atoms with Crippen LogP contribution in [0, 0.1) is 0 Å². The first-order chi connectivity index (χ1) is 4.27. The maximum absolute atomic E-state index is 5.26. The van der Waals surface area contributed by atoms with Crippen molar-refractivity contribution in [3.8, 4) is 0 Å². The van der Waals surface area contributed by atoms with Crippen LogP contribution in [0.3, 0.4) is 0 Å². The Bertz CT molecular complexity index is 129. The topological polar surface area (TPSA) is 18.5 Å². The summed E-state index contributed by atoms with van der Waals surface area (Å²) >= 11 is 6.75. The molecule has 0 aromatic heterocycles. The quantitative estimate of drug-likeness (QED) is 0.611. The van der Waals surface area contributed by atoms with Gasteiger partial charge in [-0.3, -0.25) is 0 Å². The maximum atomic E-state index is 5.26. The van der Waals surface area contributed by atoms with E-state index < -0.39 is 5.69 Å². The first kappa shape index (κ1) is 8.02. The average Bonchev–Trinajstić information content (AvgIpc) is 2.16. The van der Waals surface area contributed by atoms with Gasteiger partial charge in [-0.15, -0.1) is 0 Å². The van der Waals surface area contributed by atoms with Crippen molar-refractivity contribution < 1.29 is 9.05 Å². The predicted octanol–water partition coefficient (Wildman–Crippen LogP) is 2.01. The van der Waals surface area contributed by atoms with Crippen LogP contribution in [-0.4, -0.2) is 19.0 Å². The van der Waals surface area contributed by atoms with Gasteiger partial charge in [-0.25, -0.2) is 0 Å². The van der Waals surface area contributed by atoms with E-state index in [1.807, 2.05) is 6.92 Å². The monoisotopic (exact) mass is 184 g/mol. The normalized spacial score (nSPS) is 35.2. The Morgan fingerprint density at radius 3 is 3.11 bits per heavy atom. The molecule has 5 heteroatoms. The fourth-order valence-electron chi connectivity index (χ4n) is 0.568. The third kappa shape index (κ3) is 2.20. The van der Waals surface area contributed by atoms with Crippen LogP contribution in [0.25, 0.3) is 0 Å². The Morgan fingerprint density at radius 2 is 2.67 bits per heavy atom. The van der Waals surface area contributed by atoms with Crippen molar-refractivity contribution >= 4 is 28.9 Å². The van der Waals surface area contributed by atoms with Crippen LogP contribution in [-0.2, 0) is 20.9 Å². The summed E-state index contributed by atoms with van der Waals surface area (Å²) in [5.41, 5.74) is -1.82. The largest absolute Gasteiger partial charge is 0.322 e. The minimum Gasteiger partial charge on any atom is -0.322 e. The van der Waals surface area contributed by atoms with Crippen molar-refractivity contribution in [3.63, 3.8) is 0 Å². The predicted molar refractivity (Wildman–Crippen MR) is 44.3 cm³/mol. The van der Waals surface area contributed by atoms with Crippen molar-refractivity contribution in [1.82, 2.24) is 0 Å². The van der Waals surface area contributed by atoms with Crippen molar-refractivity contribution in [2.24, 2.45) is 0 Å². The smallest absolute Gasteiger partial charge is 0.247 e. The van der Waals surface area contributed by atoms with E-state index in [0.29, 0.717) is 6.61 Å². The second-order valence-electron chi connectivity index (χ2n) is 1.53. The molecule has 1 heterocycles. The molecular weight excluding hydrogens is 175 g/mol. The van der Waals surface area contributed by atoms with E-state index in [9.17, 15) is 0 Å². The fourth-order valence-corrected chi connectivity index (χ4v) is 5.02. The molecule has 0 bridgehead atoms. The molecule has 0 aliphatic carbocycles. The zero-order valence-corrected chi connectivity index (χ0v) is 7.73. The first-order valence-corrected chi connectivity index (χ1v) is 7.03. The summed E-state index contributed by atoms with van der Waals surface area (Å²) in [4.78, 5) is 0. The van der Waals surface area contributed by atoms with E-state index >= 15 is 0 Å². The van der Waals surface area contributed by atoms with Gasteiger partial charge in [-0.1, -0.05) is 11.4 Å². The van der Waals surface area contributed by atoms with Crippen LogP contribution < -0.4 is 0 Å². The highest BCUT2D eigenvalue weighted by atomic mass is 32.9. The molecule has 0 aromatic carbocycles. The molecular formula is C4H9O2PS2. The molecule has 1 atom stereocenters. The lowest BCUT2D eigenvalue weighted by Crippen LogP contribution is -1.84. The van der Waals surface area contributed by atoms with Crippen LogP contribution >= 0.6 is 17.1 Å². The third-order valence-corrected chi connectivity index (χ3v) is 6.32. The van der Waals surface area contributed by atoms with E-state index in [4.69, 9.17) is 20.9 Å². The van der Waals surface area contributed by atoms with Gasteiger partial charge in [0.25, 0.3) is 0 Å². The van der Waals surface area contributed by atoms with Gasteiger partial charge >= 0.3 is 0 Å². The van der Waals surface area contributed by atoms with Crippen molar-refractivity contribution in [3.05, 3.63) is 0 Å². The lowest BCUT2D eigenvalue weighted by molar-refractivity contribution is 0.289. The van der Waals surface area contributed by atoms with E-state index in [0.717, 1.165) is 12.4 Å². The second kappa shape index (κ2) is 3.35. The van der Waals surface area contributed by atoms with Crippen LogP contribution in [0.15, 0.2) is 0 Å². The molecule has 1 rings (SSSR count). The zero-order valence-electron chi connectivity index (χ0n) is 5.20. The van der Waals surface area contributed by atoms with Gasteiger partial charge in [0.15, 0.2) is 0 Å². The van der Waals surface area contributed by atoms with Gasteiger partial charge in [0.05, 0.1) is 13.2 Å². The molecule has 1 aliphatic rings. The molecule has 9 heavy (non-hydrogen) atoms. The highest BCUT2D eigenvalue weighted by Crippen LogP contribution is 2.64. The Morgan fingerprint density at radius 1 is 1.89 bits per heavy atom. The van der Waals surface area contributed by atoms with Gasteiger partial charge in [-0.05, 0) is 18.7 Å². The summed E-state index contributed by atoms with van der Waals surface area (Å²) in [5, 5.41) is 0. The molecule has 0 saturated carbocycles. The van der Waals surface area contributed by atoms with Gasteiger partial charge in [-0.2, -0.15) is 0 Å². The summed E-state index contributed by atoms with van der Waals surface area (Å²) in [7, 11) is 0. The minimum absolute atomic E-state index is 0.671. The Hall–Kier alpha value is 0.920. The molecule has 1 aliphatic heterocycles. The molecule has 0 aromatic rings. The van der Waals surface area contributed by atoms with Gasteiger partial charge in [0.2, 0.25) is 5.69 Å². The average molecular weight is 184 g/mol. The summed E-state index contributed by atoms with van der Waals surface area (Å²) in [6, 6.07) is 0. The van der Waals surface area contributed by atoms with E-state index in [2.05, 4.69) is 0 Å². The molecule has 0 amide bonds. The first-order valence-electron chi connectivity index (χ1n) is 2.80. The number of hydrogen-bond donors (Lipinski definition) is 0. The fraction of sp³-hybridized carbons (Fsp3) is 1.00. The number of hydrogen-bond acceptors (Lipinski definition) is 4. The molecule has 54 valence electrons. The Kier molecular flexibility index (Phi) is 2.99. The summed E-state index contributed by atoms with van der Waals surface area (Å²) in [6.07, 6.45) is 0. The van der Waals surface area contributed by atoms with E-state index in [1.165, 1.54) is 0 Å². The van der Waals surface area contributed by atoms with E-state index in [1.54, 1.807) is 11.4 Å². The molecule has 0 radical (unpaired) electrons. The highest BCUT2D eigenvalue weighted by Gasteiger charge is 2.24. The van der Waals surface area contributed by atoms with Crippen molar-refractivity contribution in [2.45, 2.75) is 6.92 Å². The Labute approximate surface area is 64.2 Å². The highest BCUT2D eigenvalue weighted by molar-refractivity contribution is 8.68. The molecule has 1 fully saturated rings. The molecule has 2 nitrogen and oxygen atoms in total. The van der Waals surface area contributed by atoms with Crippen molar-refractivity contribution in [1.29, 1.82) is 0 Å². The minimum atomic E-state index is -1.82. The lowest BCUT2D eigenvalue weighted by Gasteiger charge is -2.10. The van der Waals surface area contributed by atoms with Gasteiger partial charge in [0.1, 0.15) is 0 Å². The number of rotatable bonds is 2. The maximum Gasteiger partial charge on any atom is 0.247 e. The standard InChI is InChI=1S/C4H9O2PS2/c1-2-5-7(8)6-3-4-9-7/h2-4H2,1H3. The summed E-state index contributed by atoms with van der Waals surface area (Å²) < 4.78 is 10.5. The van der Waals surface area contributed by atoms with Crippen LogP contribution in [0.5, 0.6) is 0 Å². The lowest BCUT2D eigenvalue weighted by atomic mass is 10.9. The molecule has 0 N–H and O–H groups in total. The Balaban J connectivity index is 2.42. The molecule has 1 unspecified atom stereocenters. The third-order valence-electron chi connectivity index (χ3n) is 0.869. The SMILES string of the molecule is CCOP1(=S)OCCS1. The van der Waals surface area contributed by atoms with Crippen LogP contribution in [0.1, 0.15) is 6.92 Å². The van der Waals surface area contributed by atoms with Gasteiger partial charge in [0, 0.05) is 5.75 Å². The van der Waals surface area contributed by atoms with Crippen molar-refractivity contribution in [2.75, 3.05) is 19.0 Å². The summed E-state index contributed by atoms with van der Waals surface area (Å²) in [6.45, 7) is 3.38. The molecule has 0 spiro atoms.